The molecule has 4 saturated carbocycles. The maximum atomic E-state index is 11.0. The summed E-state index contributed by atoms with van der Waals surface area (Å²) >= 11 is 0. The van der Waals surface area contributed by atoms with Crippen molar-refractivity contribution in [2.45, 2.75) is 83.8 Å². The van der Waals surface area contributed by atoms with Crippen molar-refractivity contribution in [2.75, 3.05) is 0 Å². The quantitative estimate of drug-likeness (QED) is 0.654. The van der Waals surface area contributed by atoms with Gasteiger partial charge in [0, 0.05) is 0 Å². The van der Waals surface area contributed by atoms with Crippen LogP contribution in [0.15, 0.2) is 12.2 Å². The first-order valence-corrected chi connectivity index (χ1v) is 9.77. The summed E-state index contributed by atoms with van der Waals surface area (Å²) in [7, 11) is 0. The van der Waals surface area contributed by atoms with E-state index in [0.717, 1.165) is 36.7 Å². The van der Waals surface area contributed by atoms with Crippen LogP contribution in [0.1, 0.15) is 72.1 Å². The Balaban J connectivity index is 1.66. The molecule has 4 aliphatic carbocycles. The number of aliphatic hydroxyl groups is 2. The zero-order valence-electron chi connectivity index (χ0n) is 15.1. The van der Waals surface area contributed by atoms with Crippen molar-refractivity contribution in [3.63, 3.8) is 0 Å². The molecule has 2 nitrogen and oxygen atoms in total. The van der Waals surface area contributed by atoms with Gasteiger partial charge >= 0.3 is 0 Å². The molecule has 0 spiro atoms. The minimum atomic E-state index is -0.479. The van der Waals surface area contributed by atoms with Gasteiger partial charge in [0.25, 0.3) is 0 Å². The zero-order valence-corrected chi connectivity index (χ0v) is 15.1. The van der Waals surface area contributed by atoms with Crippen LogP contribution in [0.25, 0.3) is 0 Å². The minimum absolute atomic E-state index is 0.114. The summed E-state index contributed by atoms with van der Waals surface area (Å²) in [5.41, 5.74) is 1.03. The second kappa shape index (κ2) is 4.85. The molecule has 0 radical (unpaired) electrons. The molecule has 0 bridgehead atoms. The zero-order chi connectivity index (χ0) is 16.6. The molecule has 0 amide bonds. The fraction of sp³-hybridized carbons (Fsp3) is 0.905. The standard InChI is InChI=1S/C21H34O2/c1-13-12-19(2)14(11-18(13)22)5-6-15-16(19)7-9-20(3)17(15)8-10-21(20,4)23/h14-18,22-23H,1,5-12H2,2-4H3. The van der Waals surface area contributed by atoms with Crippen LogP contribution in [0.4, 0.5) is 0 Å². The highest BCUT2D eigenvalue weighted by Crippen LogP contribution is 2.68. The van der Waals surface area contributed by atoms with Crippen molar-refractivity contribution in [1.29, 1.82) is 0 Å². The molecule has 8 atom stereocenters. The van der Waals surface area contributed by atoms with Gasteiger partial charge in [0.1, 0.15) is 0 Å². The molecule has 0 aromatic heterocycles. The molecule has 4 aliphatic rings. The average molecular weight is 319 g/mol. The number of rotatable bonds is 0. The fourth-order valence-electron chi connectivity index (χ4n) is 7.48. The Morgan fingerprint density at radius 3 is 2.43 bits per heavy atom. The first-order chi connectivity index (χ1) is 10.7. The monoisotopic (exact) mass is 318 g/mol. The van der Waals surface area contributed by atoms with Crippen LogP contribution >= 0.6 is 0 Å². The van der Waals surface area contributed by atoms with Crippen molar-refractivity contribution in [3.05, 3.63) is 12.2 Å². The van der Waals surface area contributed by atoms with E-state index in [-0.39, 0.29) is 11.5 Å². The Kier molecular flexibility index (Phi) is 3.40. The number of fused-ring (bicyclic) bond motifs is 5. The normalized spacial score (nSPS) is 59.2. The van der Waals surface area contributed by atoms with E-state index in [1.54, 1.807) is 0 Å². The van der Waals surface area contributed by atoms with Crippen LogP contribution in [0.3, 0.4) is 0 Å². The van der Waals surface area contributed by atoms with E-state index in [2.05, 4.69) is 27.4 Å². The third-order valence-corrected chi connectivity index (χ3v) is 9.21. The third kappa shape index (κ3) is 2.00. The van der Waals surface area contributed by atoms with Crippen LogP contribution in [-0.2, 0) is 0 Å². The molecular formula is C21H34O2. The summed E-state index contributed by atoms with van der Waals surface area (Å²) < 4.78 is 0. The first kappa shape index (κ1) is 16.1. The van der Waals surface area contributed by atoms with Crippen LogP contribution in [0.2, 0.25) is 0 Å². The topological polar surface area (TPSA) is 40.5 Å². The molecule has 2 N–H and O–H groups in total. The summed E-state index contributed by atoms with van der Waals surface area (Å²) in [6.45, 7) is 11.1. The summed E-state index contributed by atoms with van der Waals surface area (Å²) in [6, 6.07) is 0. The molecule has 23 heavy (non-hydrogen) atoms. The van der Waals surface area contributed by atoms with E-state index >= 15 is 0 Å². The van der Waals surface area contributed by atoms with E-state index in [4.69, 9.17) is 0 Å². The summed E-state index contributed by atoms with van der Waals surface area (Å²) in [5, 5.41) is 21.2. The Morgan fingerprint density at radius 2 is 1.70 bits per heavy atom. The van der Waals surface area contributed by atoms with Gasteiger partial charge in [0.15, 0.2) is 0 Å². The van der Waals surface area contributed by atoms with Crippen molar-refractivity contribution < 1.29 is 10.2 Å². The fourth-order valence-corrected chi connectivity index (χ4v) is 7.48. The highest BCUT2D eigenvalue weighted by atomic mass is 16.3. The van der Waals surface area contributed by atoms with Gasteiger partial charge in [-0.15, -0.1) is 0 Å². The number of hydrogen-bond donors (Lipinski definition) is 2. The van der Waals surface area contributed by atoms with Gasteiger partial charge in [0.2, 0.25) is 0 Å². The van der Waals surface area contributed by atoms with Crippen LogP contribution < -0.4 is 0 Å². The van der Waals surface area contributed by atoms with E-state index in [1.807, 2.05) is 0 Å². The van der Waals surface area contributed by atoms with E-state index in [0.29, 0.717) is 17.3 Å². The van der Waals surface area contributed by atoms with Gasteiger partial charge in [-0.3, -0.25) is 0 Å². The lowest BCUT2D eigenvalue weighted by atomic mass is 9.44. The molecule has 8 unspecified atom stereocenters. The van der Waals surface area contributed by atoms with E-state index in [9.17, 15) is 10.2 Å². The van der Waals surface area contributed by atoms with Crippen molar-refractivity contribution >= 4 is 0 Å². The van der Waals surface area contributed by atoms with Crippen LogP contribution in [-0.4, -0.2) is 21.9 Å². The van der Waals surface area contributed by atoms with E-state index in [1.165, 1.54) is 32.1 Å². The predicted molar refractivity (Wildman–Crippen MR) is 92.9 cm³/mol. The number of hydrogen-bond acceptors (Lipinski definition) is 2. The number of aliphatic hydroxyl groups excluding tert-OH is 1. The molecule has 2 heteroatoms. The molecule has 130 valence electrons. The molecule has 0 saturated heterocycles. The lowest BCUT2D eigenvalue weighted by Crippen LogP contribution is -2.56. The molecule has 0 aromatic rings. The van der Waals surface area contributed by atoms with Gasteiger partial charge in [-0.2, -0.15) is 0 Å². The van der Waals surface area contributed by atoms with Crippen molar-refractivity contribution in [1.82, 2.24) is 0 Å². The second-order valence-electron chi connectivity index (χ2n) is 10.0. The Labute approximate surface area is 141 Å². The lowest BCUT2D eigenvalue weighted by Gasteiger charge is -2.61. The molecule has 0 aliphatic heterocycles. The predicted octanol–water partition coefficient (Wildman–Crippen LogP) is 4.31. The second-order valence-corrected chi connectivity index (χ2v) is 10.0. The van der Waals surface area contributed by atoms with Crippen LogP contribution in [0.5, 0.6) is 0 Å². The van der Waals surface area contributed by atoms with Crippen molar-refractivity contribution in [3.8, 4) is 0 Å². The Morgan fingerprint density at radius 1 is 1.00 bits per heavy atom. The SMILES string of the molecule is C=C1CC2(C)C(CCC3C2CCC2(C)C3CCC2(C)O)CC1O. The maximum absolute atomic E-state index is 11.0. The molecular weight excluding hydrogens is 284 g/mol. The van der Waals surface area contributed by atoms with Crippen LogP contribution in [0, 0.1) is 34.5 Å². The van der Waals surface area contributed by atoms with Gasteiger partial charge in [-0.05, 0) is 98.4 Å². The first-order valence-electron chi connectivity index (χ1n) is 9.77. The maximum Gasteiger partial charge on any atom is 0.0750 e. The largest absolute Gasteiger partial charge is 0.390 e. The lowest BCUT2D eigenvalue weighted by molar-refractivity contribution is -0.146. The molecule has 4 fully saturated rings. The van der Waals surface area contributed by atoms with Gasteiger partial charge in [-0.1, -0.05) is 20.4 Å². The summed E-state index contributed by atoms with van der Waals surface area (Å²) in [5.74, 6) is 2.88. The molecule has 4 rings (SSSR count). The Bertz CT molecular complexity index is 524. The Hall–Kier alpha value is -0.340. The molecule has 0 heterocycles. The third-order valence-electron chi connectivity index (χ3n) is 9.21. The highest BCUT2D eigenvalue weighted by molar-refractivity contribution is 5.18. The van der Waals surface area contributed by atoms with Gasteiger partial charge in [0.05, 0.1) is 11.7 Å². The van der Waals surface area contributed by atoms with Gasteiger partial charge in [-0.25, -0.2) is 0 Å². The van der Waals surface area contributed by atoms with E-state index < -0.39 is 5.60 Å². The highest BCUT2D eigenvalue weighted by Gasteiger charge is 2.63. The summed E-state index contributed by atoms with van der Waals surface area (Å²) in [6.07, 6.45) is 8.84. The summed E-state index contributed by atoms with van der Waals surface area (Å²) in [4.78, 5) is 0. The van der Waals surface area contributed by atoms with Crippen molar-refractivity contribution in [2.24, 2.45) is 34.5 Å². The molecule has 0 aromatic carbocycles. The smallest absolute Gasteiger partial charge is 0.0750 e. The minimum Gasteiger partial charge on any atom is -0.390 e. The van der Waals surface area contributed by atoms with Gasteiger partial charge < -0.3 is 10.2 Å². The average Bonchev–Trinajstić information content (AvgIpc) is 2.71.